The number of hydrogen-bond acceptors (Lipinski definition) is 8. The molecule has 11 nitrogen and oxygen atoms in total. The highest BCUT2D eigenvalue weighted by atomic mass is 16.5. The van der Waals surface area contributed by atoms with Crippen LogP contribution >= 0.6 is 0 Å². The minimum Gasteiger partial charge on any atom is -0.507 e. The van der Waals surface area contributed by atoms with Crippen LogP contribution in [0.4, 0.5) is 0 Å². The van der Waals surface area contributed by atoms with Gasteiger partial charge >= 0.3 is 13.1 Å². The van der Waals surface area contributed by atoms with Crippen molar-refractivity contribution in [3.8, 4) is 11.5 Å². The predicted molar refractivity (Wildman–Crippen MR) is 106 cm³/mol. The second-order valence-corrected chi connectivity index (χ2v) is 7.21. The van der Waals surface area contributed by atoms with Crippen molar-refractivity contribution in [3.05, 3.63) is 23.3 Å². The zero-order valence-electron chi connectivity index (χ0n) is 17.7. The Balaban J connectivity index is 1.98. The molecule has 0 aliphatic carbocycles. The van der Waals surface area contributed by atoms with Crippen molar-refractivity contribution in [2.75, 3.05) is 13.1 Å². The van der Waals surface area contributed by atoms with Gasteiger partial charge in [0.05, 0.1) is 19.1 Å². The summed E-state index contributed by atoms with van der Waals surface area (Å²) in [7, 11) is -1.58. The quantitative estimate of drug-likeness (QED) is 0.245. The number of aromatic carboxylic acids is 1. The van der Waals surface area contributed by atoms with Crippen LogP contribution < -0.4 is 15.8 Å². The Kier molecular flexibility index (Phi) is 7.13. The van der Waals surface area contributed by atoms with E-state index in [-0.39, 0.29) is 43.1 Å². The van der Waals surface area contributed by atoms with Gasteiger partial charge in [0.2, 0.25) is 11.8 Å². The maximum absolute atomic E-state index is 12.4. The number of aryl methyl sites for hydroxylation is 1. The van der Waals surface area contributed by atoms with E-state index in [1.807, 2.05) is 5.73 Å². The molecule has 12 heteroatoms. The molecular weight excluding hydrogens is 397 g/mol. The monoisotopic (exact) mass is 424 g/mol. The number of carbonyl (C=O) groups excluding carboxylic acids is 2. The maximum Gasteiger partial charge on any atom is 0.451 e. The molecule has 2 amide bonds. The molecule has 0 saturated carbocycles. The number of carboxylic acids is 1. The Hall–Kier alpha value is -2.83. The summed E-state index contributed by atoms with van der Waals surface area (Å²) in [5.74, 6) is -2.80. The van der Waals surface area contributed by atoms with Crippen LogP contribution in [0, 0.1) is 0 Å². The molecule has 7 N–H and O–H groups in total. The van der Waals surface area contributed by atoms with Crippen molar-refractivity contribution < 1.29 is 40.8 Å². The lowest BCUT2D eigenvalue weighted by atomic mass is 9.82. The summed E-state index contributed by atoms with van der Waals surface area (Å²) in [6, 6.07) is 1.25. The summed E-state index contributed by atoms with van der Waals surface area (Å²) in [5.41, 5.74) is 1.84. The van der Waals surface area contributed by atoms with E-state index in [2.05, 4.69) is 5.32 Å². The molecule has 0 bridgehead atoms. The second kappa shape index (κ2) is 9.78. The van der Waals surface area contributed by atoms with Gasteiger partial charge in [-0.25, -0.2) is 4.79 Å². The molecule has 1 heterocycles. The van der Waals surface area contributed by atoms with Gasteiger partial charge in [0, 0.05) is 0 Å². The summed E-state index contributed by atoms with van der Waals surface area (Å²) >= 11 is 0. The van der Waals surface area contributed by atoms with E-state index in [0.29, 0.717) is 0 Å². The van der Waals surface area contributed by atoms with Gasteiger partial charge in [-0.15, -0.1) is 0 Å². The molecule has 0 radical (unpaired) electrons. The van der Waals surface area contributed by atoms with Crippen LogP contribution in [0.25, 0.3) is 0 Å². The molecule has 0 spiro atoms. The highest BCUT2D eigenvalue weighted by Gasteiger charge is 2.36. The number of benzene rings is 1. The van der Waals surface area contributed by atoms with Gasteiger partial charge in [-0.2, -0.15) is 0 Å². The number of amides is 2. The molecule has 1 aliphatic rings. The average molecular weight is 424 g/mol. The average Bonchev–Trinajstić information content (AvgIpc) is 2.67. The van der Waals surface area contributed by atoms with Crippen molar-refractivity contribution in [1.29, 1.82) is 0 Å². The molecule has 1 fully saturated rings. The third kappa shape index (κ3) is 5.62. The highest BCUT2D eigenvalue weighted by molar-refractivity contribution is 6.41. The van der Waals surface area contributed by atoms with Gasteiger partial charge in [-0.3, -0.25) is 9.59 Å². The number of rotatable bonds is 10. The molecule has 164 valence electrons. The van der Waals surface area contributed by atoms with Gasteiger partial charge in [0.15, 0.2) is 0 Å². The van der Waals surface area contributed by atoms with Crippen molar-refractivity contribution in [2.24, 2.45) is 5.73 Å². The van der Waals surface area contributed by atoms with Crippen LogP contribution in [0.1, 0.15) is 29.8 Å². The van der Waals surface area contributed by atoms with E-state index >= 15 is 0 Å². The van der Waals surface area contributed by atoms with E-state index in [9.17, 15) is 24.6 Å². The highest BCUT2D eigenvalue weighted by Crippen LogP contribution is 2.34. The fraction of sp³-hybridized carbons (Fsp3) is 0.500. The summed E-state index contributed by atoms with van der Waals surface area (Å²) in [6.07, 6.45) is -0.505. The lowest BCUT2D eigenvalue weighted by molar-refractivity contribution is -0.143. The van der Waals surface area contributed by atoms with Gasteiger partial charge in [-0.1, -0.05) is 6.07 Å². The molecule has 1 aliphatic heterocycles. The van der Waals surface area contributed by atoms with Crippen molar-refractivity contribution in [3.63, 3.8) is 0 Å². The largest absolute Gasteiger partial charge is 0.507 e. The number of nitrogens with zero attached hydrogens (tertiary/aromatic N) is 1. The van der Waals surface area contributed by atoms with Crippen LogP contribution in [0.2, 0.25) is 7.73 Å². The SMILES string of the molecule is [2H]N[C@H](C)C(=O)N[C@@H](C)C(=O)N1CC(Oc2ccc(CCB(O)O)c(O)c2C(=O)O)C1. The van der Waals surface area contributed by atoms with E-state index in [4.69, 9.17) is 16.2 Å². The van der Waals surface area contributed by atoms with Crippen molar-refractivity contribution in [2.45, 2.75) is 44.8 Å². The van der Waals surface area contributed by atoms with E-state index in [1.165, 1.54) is 30.9 Å². The zero-order valence-corrected chi connectivity index (χ0v) is 16.7. The number of carbonyl (C=O) groups is 3. The Bertz CT molecular complexity index is 834. The maximum atomic E-state index is 12.4. The lowest BCUT2D eigenvalue weighted by Crippen LogP contribution is -2.61. The van der Waals surface area contributed by atoms with E-state index < -0.39 is 48.5 Å². The Morgan fingerprint density at radius 1 is 1.37 bits per heavy atom. The molecule has 2 rings (SSSR count). The van der Waals surface area contributed by atoms with Crippen molar-refractivity contribution >= 4 is 24.9 Å². The zero-order chi connectivity index (χ0) is 23.3. The number of nitrogens with one attached hydrogen (secondary N) is 1. The summed E-state index contributed by atoms with van der Waals surface area (Å²) in [6.45, 7) is 3.35. The first-order valence-electron chi connectivity index (χ1n) is 9.92. The third-order valence-corrected chi connectivity index (χ3v) is 4.68. The van der Waals surface area contributed by atoms with Crippen LogP contribution in [0.15, 0.2) is 12.1 Å². The number of aromatic hydroxyl groups is 1. The fourth-order valence-corrected chi connectivity index (χ4v) is 2.95. The molecule has 0 unspecified atom stereocenters. The first-order chi connectivity index (χ1) is 14.5. The van der Waals surface area contributed by atoms with Gasteiger partial charge in [-0.05, 0) is 38.2 Å². The molecule has 1 aromatic rings. The minimum absolute atomic E-state index is 0.0629. The number of phenols is 1. The molecular formula is C18H26BN3O8. The third-order valence-electron chi connectivity index (χ3n) is 4.68. The molecule has 30 heavy (non-hydrogen) atoms. The number of nitrogens with two attached hydrogens (primary N) is 1. The smallest absolute Gasteiger partial charge is 0.451 e. The van der Waals surface area contributed by atoms with E-state index in [0.717, 1.165) is 0 Å². The van der Waals surface area contributed by atoms with Crippen LogP contribution in [0.3, 0.4) is 0 Å². The predicted octanol–water partition coefficient (Wildman–Crippen LogP) is -1.45. The first kappa shape index (κ1) is 21.9. The Labute approximate surface area is 175 Å². The fourth-order valence-electron chi connectivity index (χ4n) is 2.95. The number of carboxylic acid groups (broad SMARTS) is 1. The normalized spacial score (nSPS) is 16.1. The summed E-state index contributed by atoms with van der Waals surface area (Å²) < 4.78 is 12.6. The first-order valence-corrected chi connectivity index (χ1v) is 9.42. The van der Waals surface area contributed by atoms with Crippen molar-refractivity contribution in [1.82, 2.24) is 10.2 Å². The number of likely N-dealkylation sites (tertiary alicyclic amines) is 1. The number of hydrogen-bond donors (Lipinski definition) is 6. The topological polar surface area (TPSA) is 183 Å². The van der Waals surface area contributed by atoms with Crippen LogP contribution in [-0.4, -0.2) is 81.3 Å². The summed E-state index contributed by atoms with van der Waals surface area (Å²) in [4.78, 5) is 37.2. The van der Waals surface area contributed by atoms with Crippen LogP contribution in [-0.2, 0) is 16.0 Å². The Morgan fingerprint density at radius 2 is 2.03 bits per heavy atom. The Morgan fingerprint density at radius 3 is 2.60 bits per heavy atom. The van der Waals surface area contributed by atoms with Gasteiger partial charge in [0.1, 0.15) is 30.6 Å². The molecule has 0 aromatic heterocycles. The number of ether oxygens (including phenoxy) is 1. The molecule has 1 saturated heterocycles. The van der Waals surface area contributed by atoms with Gasteiger partial charge in [0.25, 0.3) is 0 Å². The van der Waals surface area contributed by atoms with Crippen LogP contribution in [0.5, 0.6) is 11.5 Å². The second-order valence-electron chi connectivity index (χ2n) is 7.21. The lowest BCUT2D eigenvalue weighted by Gasteiger charge is -2.40. The van der Waals surface area contributed by atoms with Gasteiger partial charge < -0.3 is 40.9 Å². The standard InChI is InChI=1S/C18H26BN3O8/c1-9(20)16(24)21-10(2)17(25)22-7-12(8-22)30-13-4-3-11(5-6-19(28)29)15(23)14(13)18(26)27/h3-4,9-10,12,23,28-29H,5-8,20H2,1-2H3,(H,21,24)(H,26,27)/t9-,10+/m1/s1/i/hD. The summed E-state index contributed by atoms with van der Waals surface area (Å²) in [5, 5.41) is 40.1. The van der Waals surface area contributed by atoms with E-state index in [1.54, 1.807) is 0 Å². The molecule has 1 aromatic carbocycles. The minimum atomic E-state index is -1.58. The molecule has 2 atom stereocenters.